The normalized spacial score (nSPS) is 20.7. The van der Waals surface area contributed by atoms with E-state index in [1.54, 1.807) is 0 Å². The monoisotopic (exact) mass is 355 g/mol. The highest BCUT2D eigenvalue weighted by molar-refractivity contribution is 6.41. The number of halogens is 2. The Morgan fingerprint density at radius 1 is 1.48 bits per heavy atom. The molecule has 1 aliphatic rings. The van der Waals surface area contributed by atoms with Gasteiger partial charge in [0.15, 0.2) is 0 Å². The van der Waals surface area contributed by atoms with E-state index < -0.39 is 11.6 Å². The predicted molar refractivity (Wildman–Crippen MR) is 91.6 cm³/mol. The third-order valence-corrected chi connectivity index (χ3v) is 5.31. The minimum Gasteiger partial charge on any atom is -0.481 e. The number of aromatic amines is 1. The van der Waals surface area contributed by atoms with Crippen LogP contribution in [0.25, 0.3) is 10.9 Å². The van der Waals surface area contributed by atoms with Crippen LogP contribution in [0.4, 0.5) is 0 Å². The first-order valence-electron chi connectivity index (χ1n) is 7.75. The lowest BCUT2D eigenvalue weighted by atomic mass is 9.84. The molecule has 0 aliphatic carbocycles. The lowest BCUT2D eigenvalue weighted by Gasteiger charge is -2.36. The number of rotatable bonds is 4. The van der Waals surface area contributed by atoms with Gasteiger partial charge >= 0.3 is 5.97 Å². The van der Waals surface area contributed by atoms with Gasteiger partial charge in [0.2, 0.25) is 0 Å². The number of aliphatic carboxylic acids is 1. The van der Waals surface area contributed by atoms with Crippen LogP contribution in [-0.4, -0.2) is 22.7 Å². The van der Waals surface area contributed by atoms with Crippen molar-refractivity contribution in [2.45, 2.75) is 45.1 Å². The van der Waals surface area contributed by atoms with Crippen LogP contribution in [-0.2, 0) is 21.6 Å². The van der Waals surface area contributed by atoms with Gasteiger partial charge in [-0.25, -0.2) is 0 Å². The smallest absolute Gasteiger partial charge is 0.306 e. The summed E-state index contributed by atoms with van der Waals surface area (Å²) in [6.45, 7) is 4.42. The van der Waals surface area contributed by atoms with Crippen LogP contribution in [0.3, 0.4) is 0 Å². The molecule has 0 radical (unpaired) electrons. The molecule has 0 saturated carbocycles. The first kappa shape index (κ1) is 16.6. The highest BCUT2D eigenvalue weighted by atomic mass is 35.5. The summed E-state index contributed by atoms with van der Waals surface area (Å²) in [5.74, 6) is -0.877. The molecule has 0 spiro atoms. The number of aromatic nitrogens is 1. The molecule has 1 aromatic heterocycles. The van der Waals surface area contributed by atoms with Crippen molar-refractivity contribution in [1.82, 2.24) is 4.98 Å². The zero-order chi connectivity index (χ0) is 16.8. The van der Waals surface area contributed by atoms with Crippen LogP contribution in [0.5, 0.6) is 0 Å². The van der Waals surface area contributed by atoms with Crippen molar-refractivity contribution in [3.05, 3.63) is 32.9 Å². The van der Waals surface area contributed by atoms with Gasteiger partial charge in [0, 0.05) is 5.39 Å². The molecule has 0 amide bonds. The number of aryl methyl sites for hydroxylation is 1. The number of hydrogen-bond acceptors (Lipinski definition) is 2. The van der Waals surface area contributed by atoms with E-state index in [4.69, 9.17) is 27.9 Å². The van der Waals surface area contributed by atoms with Crippen LogP contribution < -0.4 is 0 Å². The molecule has 0 fully saturated rings. The number of carboxylic acid groups (broad SMARTS) is 1. The van der Waals surface area contributed by atoms with Gasteiger partial charge in [-0.2, -0.15) is 0 Å². The topological polar surface area (TPSA) is 62.3 Å². The standard InChI is InChI=1S/C17H19Cl2NO3/c1-3-5-17(8-12(21)22)16-10(4-6-23-17)13-14(19)9(2)7-11(18)15(13)20-16/h7,20H,3-6,8H2,1-2H3,(H,21,22). The molecule has 0 saturated heterocycles. The second-order valence-corrected chi connectivity index (χ2v) is 6.92. The summed E-state index contributed by atoms with van der Waals surface area (Å²) in [7, 11) is 0. The Bertz CT molecular complexity index is 784. The molecule has 1 atom stereocenters. The Hall–Kier alpha value is -1.23. The van der Waals surface area contributed by atoms with Crippen molar-refractivity contribution >= 4 is 40.1 Å². The van der Waals surface area contributed by atoms with Crippen molar-refractivity contribution in [2.24, 2.45) is 0 Å². The Morgan fingerprint density at radius 3 is 2.87 bits per heavy atom. The average molecular weight is 356 g/mol. The number of benzene rings is 1. The lowest BCUT2D eigenvalue weighted by Crippen LogP contribution is -2.37. The highest BCUT2D eigenvalue weighted by Gasteiger charge is 2.42. The van der Waals surface area contributed by atoms with Gasteiger partial charge in [0.25, 0.3) is 0 Å². The summed E-state index contributed by atoms with van der Waals surface area (Å²) in [5, 5.41) is 11.5. The van der Waals surface area contributed by atoms with Crippen molar-refractivity contribution in [1.29, 1.82) is 0 Å². The maximum atomic E-state index is 11.4. The van der Waals surface area contributed by atoms with E-state index in [1.807, 2.05) is 19.9 Å². The lowest BCUT2D eigenvalue weighted by molar-refractivity contribution is -0.149. The third-order valence-electron chi connectivity index (χ3n) is 4.53. The van der Waals surface area contributed by atoms with E-state index in [0.717, 1.165) is 34.1 Å². The molecular formula is C17H19Cl2NO3. The minimum absolute atomic E-state index is 0.0745. The fourth-order valence-corrected chi connectivity index (χ4v) is 4.18. The molecule has 1 unspecified atom stereocenters. The van der Waals surface area contributed by atoms with Gasteiger partial charge in [0.05, 0.1) is 34.3 Å². The third kappa shape index (κ3) is 2.63. The van der Waals surface area contributed by atoms with Gasteiger partial charge in [-0.3, -0.25) is 4.79 Å². The molecular weight excluding hydrogens is 337 g/mol. The van der Waals surface area contributed by atoms with Crippen LogP contribution in [0, 0.1) is 6.92 Å². The molecule has 6 heteroatoms. The molecule has 0 bridgehead atoms. The highest BCUT2D eigenvalue weighted by Crippen LogP contribution is 2.45. The van der Waals surface area contributed by atoms with Crippen molar-refractivity contribution in [3.63, 3.8) is 0 Å². The van der Waals surface area contributed by atoms with Crippen molar-refractivity contribution in [2.75, 3.05) is 6.61 Å². The van der Waals surface area contributed by atoms with Gasteiger partial charge in [0.1, 0.15) is 5.60 Å². The molecule has 1 aromatic carbocycles. The SMILES string of the molecule is CCCC1(CC(=O)O)OCCc2c1[nH]c1c(Cl)cc(C)c(Cl)c21. The zero-order valence-electron chi connectivity index (χ0n) is 13.1. The summed E-state index contributed by atoms with van der Waals surface area (Å²) in [4.78, 5) is 14.7. The second-order valence-electron chi connectivity index (χ2n) is 6.13. The maximum absolute atomic E-state index is 11.4. The van der Waals surface area contributed by atoms with Crippen molar-refractivity contribution < 1.29 is 14.6 Å². The van der Waals surface area contributed by atoms with Crippen LogP contribution in [0.1, 0.15) is 43.0 Å². The molecule has 2 aromatic rings. The number of nitrogens with one attached hydrogen (secondary N) is 1. The van der Waals surface area contributed by atoms with Crippen LogP contribution >= 0.6 is 23.2 Å². The van der Waals surface area contributed by atoms with Crippen LogP contribution in [0.15, 0.2) is 6.07 Å². The number of fused-ring (bicyclic) bond motifs is 3. The van der Waals surface area contributed by atoms with E-state index in [1.165, 1.54) is 0 Å². The number of hydrogen-bond donors (Lipinski definition) is 2. The summed E-state index contributed by atoms with van der Waals surface area (Å²) in [6, 6.07) is 1.83. The van der Waals surface area contributed by atoms with Gasteiger partial charge in [-0.15, -0.1) is 0 Å². The van der Waals surface area contributed by atoms with E-state index in [9.17, 15) is 9.90 Å². The van der Waals surface area contributed by atoms with E-state index in [2.05, 4.69) is 4.98 Å². The summed E-state index contributed by atoms with van der Waals surface area (Å²) < 4.78 is 5.98. The molecule has 2 heterocycles. The second kappa shape index (κ2) is 6.00. The average Bonchev–Trinajstić information content (AvgIpc) is 2.86. The largest absolute Gasteiger partial charge is 0.481 e. The van der Waals surface area contributed by atoms with Gasteiger partial charge < -0.3 is 14.8 Å². The van der Waals surface area contributed by atoms with E-state index in [0.29, 0.717) is 29.5 Å². The fraction of sp³-hybridized carbons (Fsp3) is 0.471. The molecule has 23 heavy (non-hydrogen) atoms. The maximum Gasteiger partial charge on any atom is 0.306 e. The predicted octanol–water partition coefficient (Wildman–Crippen LogP) is 4.83. The molecule has 124 valence electrons. The van der Waals surface area contributed by atoms with Gasteiger partial charge in [-0.05, 0) is 37.0 Å². The zero-order valence-corrected chi connectivity index (χ0v) is 14.6. The quantitative estimate of drug-likeness (QED) is 0.825. The molecule has 3 rings (SSSR count). The Kier molecular flexibility index (Phi) is 4.34. The minimum atomic E-state index is -0.877. The van der Waals surface area contributed by atoms with Crippen molar-refractivity contribution in [3.8, 4) is 0 Å². The Balaban J connectivity index is 2.30. The number of carbonyl (C=O) groups is 1. The number of H-pyrrole nitrogens is 1. The first-order chi connectivity index (χ1) is 10.9. The van der Waals surface area contributed by atoms with Crippen LogP contribution in [0.2, 0.25) is 10.0 Å². The summed E-state index contributed by atoms with van der Waals surface area (Å²) in [6.07, 6.45) is 2.07. The van der Waals surface area contributed by atoms with E-state index in [-0.39, 0.29) is 6.42 Å². The van der Waals surface area contributed by atoms with E-state index >= 15 is 0 Å². The number of carboxylic acids is 1. The first-order valence-corrected chi connectivity index (χ1v) is 8.50. The molecule has 4 nitrogen and oxygen atoms in total. The molecule has 2 N–H and O–H groups in total. The Labute approximate surface area is 144 Å². The number of ether oxygens (including phenoxy) is 1. The summed E-state index contributed by atoms with van der Waals surface area (Å²) in [5.41, 5.74) is 2.70. The summed E-state index contributed by atoms with van der Waals surface area (Å²) >= 11 is 12.9. The van der Waals surface area contributed by atoms with Gasteiger partial charge in [-0.1, -0.05) is 36.5 Å². The molecule has 1 aliphatic heterocycles. The fourth-order valence-electron chi connectivity index (χ4n) is 3.62. The Morgan fingerprint density at radius 2 is 2.22 bits per heavy atom.